The third-order valence-corrected chi connectivity index (χ3v) is 5.46. The van der Waals surface area contributed by atoms with Gasteiger partial charge < -0.3 is 5.32 Å². The monoisotopic (exact) mass is 374 g/mol. The number of carbonyl (C=O) groups is 2. The second-order valence-electron chi connectivity index (χ2n) is 5.97. The van der Waals surface area contributed by atoms with E-state index in [4.69, 9.17) is 0 Å². The molecule has 0 radical (unpaired) electrons. The van der Waals surface area contributed by atoms with Gasteiger partial charge in [-0.25, -0.2) is 8.42 Å². The molecular weight excluding hydrogens is 352 g/mol. The Morgan fingerprint density at radius 2 is 1.73 bits per heavy atom. The van der Waals surface area contributed by atoms with E-state index in [-0.39, 0.29) is 10.7 Å². The van der Waals surface area contributed by atoms with Crippen molar-refractivity contribution >= 4 is 27.4 Å². The van der Waals surface area contributed by atoms with E-state index in [1.165, 1.54) is 38.1 Å². The first-order chi connectivity index (χ1) is 12.2. The van der Waals surface area contributed by atoms with Crippen LogP contribution in [0.5, 0.6) is 0 Å². The van der Waals surface area contributed by atoms with Crippen molar-refractivity contribution in [2.75, 3.05) is 5.32 Å². The number of sulfonamides is 1. The van der Waals surface area contributed by atoms with E-state index in [9.17, 15) is 18.0 Å². The minimum atomic E-state index is -3.87. The third kappa shape index (κ3) is 5.00. The second kappa shape index (κ2) is 8.25. The number of nitrogens with one attached hydrogen (secondary N) is 2. The summed E-state index contributed by atoms with van der Waals surface area (Å²) in [6, 6.07) is 12.0. The van der Waals surface area contributed by atoms with Gasteiger partial charge in [0, 0.05) is 11.3 Å². The van der Waals surface area contributed by atoms with E-state index in [0.717, 1.165) is 12.0 Å². The lowest BCUT2D eigenvalue weighted by atomic mass is 10.1. The van der Waals surface area contributed by atoms with Crippen LogP contribution in [0.4, 0.5) is 5.69 Å². The van der Waals surface area contributed by atoms with Crippen molar-refractivity contribution < 1.29 is 18.0 Å². The first kappa shape index (κ1) is 19.8. The first-order valence-corrected chi connectivity index (χ1v) is 9.74. The van der Waals surface area contributed by atoms with Gasteiger partial charge in [0.1, 0.15) is 0 Å². The van der Waals surface area contributed by atoms with Crippen LogP contribution in [0.25, 0.3) is 0 Å². The Morgan fingerprint density at radius 1 is 1.08 bits per heavy atom. The van der Waals surface area contributed by atoms with E-state index in [0.29, 0.717) is 11.3 Å². The number of anilines is 1. The summed E-state index contributed by atoms with van der Waals surface area (Å²) in [6.07, 6.45) is 0.835. The molecule has 0 fully saturated rings. The minimum Gasteiger partial charge on any atom is -0.325 e. The number of ketones is 1. The molecule has 2 N–H and O–H groups in total. The lowest BCUT2D eigenvalue weighted by Crippen LogP contribution is -2.41. The van der Waals surface area contributed by atoms with Crippen LogP contribution in [0.1, 0.15) is 36.7 Å². The van der Waals surface area contributed by atoms with Gasteiger partial charge in [-0.05, 0) is 50.1 Å². The highest BCUT2D eigenvalue weighted by atomic mass is 32.2. The Balaban J connectivity index is 2.07. The highest BCUT2D eigenvalue weighted by molar-refractivity contribution is 7.89. The maximum Gasteiger partial charge on any atom is 0.242 e. The fourth-order valence-electron chi connectivity index (χ4n) is 2.34. The lowest BCUT2D eigenvalue weighted by molar-refractivity contribution is -0.117. The topological polar surface area (TPSA) is 92.3 Å². The molecule has 0 aliphatic carbocycles. The number of rotatable bonds is 7. The molecule has 0 heterocycles. The summed E-state index contributed by atoms with van der Waals surface area (Å²) in [5.74, 6) is -0.605. The quantitative estimate of drug-likeness (QED) is 0.729. The molecule has 0 aliphatic heterocycles. The molecule has 2 rings (SSSR count). The van der Waals surface area contributed by atoms with Crippen LogP contribution in [-0.4, -0.2) is 26.2 Å². The van der Waals surface area contributed by atoms with Gasteiger partial charge in [0.15, 0.2) is 5.78 Å². The van der Waals surface area contributed by atoms with Crippen molar-refractivity contribution in [2.24, 2.45) is 0 Å². The summed E-state index contributed by atoms with van der Waals surface area (Å²) in [6.45, 7) is 4.89. The summed E-state index contributed by atoms with van der Waals surface area (Å²) < 4.78 is 27.2. The molecule has 26 heavy (non-hydrogen) atoms. The van der Waals surface area contributed by atoms with Crippen LogP contribution in [0, 0.1) is 0 Å². The molecule has 2 aromatic rings. The molecule has 0 spiro atoms. The van der Waals surface area contributed by atoms with E-state index in [1.807, 2.05) is 25.1 Å². The van der Waals surface area contributed by atoms with Crippen molar-refractivity contribution in [3.8, 4) is 0 Å². The zero-order valence-electron chi connectivity index (χ0n) is 14.9. The number of amides is 1. The summed E-state index contributed by atoms with van der Waals surface area (Å²) in [5.41, 5.74) is 2.11. The predicted octanol–water partition coefficient (Wildman–Crippen LogP) is 2.76. The Bertz CT molecular complexity index is 905. The molecule has 0 saturated heterocycles. The highest BCUT2D eigenvalue weighted by Crippen LogP contribution is 2.14. The number of aryl methyl sites for hydroxylation is 1. The molecule has 2 aromatic carbocycles. The molecule has 0 aliphatic rings. The summed E-state index contributed by atoms with van der Waals surface area (Å²) >= 11 is 0. The number of Topliss-reactive ketones (excluding diaryl/α,β-unsaturated/α-hetero) is 1. The summed E-state index contributed by atoms with van der Waals surface area (Å²) in [5, 5.41) is 2.70. The number of benzene rings is 2. The fraction of sp³-hybridized carbons (Fsp3) is 0.263. The first-order valence-electron chi connectivity index (χ1n) is 8.26. The molecular formula is C19H22N2O4S. The molecule has 7 heteroatoms. The van der Waals surface area contributed by atoms with Crippen molar-refractivity contribution in [3.63, 3.8) is 0 Å². The van der Waals surface area contributed by atoms with Gasteiger partial charge >= 0.3 is 0 Å². The maximum absolute atomic E-state index is 12.4. The molecule has 1 atom stereocenters. The van der Waals surface area contributed by atoms with Crippen LogP contribution < -0.4 is 10.0 Å². The van der Waals surface area contributed by atoms with Gasteiger partial charge in [0.2, 0.25) is 15.9 Å². The molecule has 0 unspecified atom stereocenters. The Morgan fingerprint density at radius 3 is 2.31 bits per heavy atom. The van der Waals surface area contributed by atoms with E-state index in [2.05, 4.69) is 10.0 Å². The van der Waals surface area contributed by atoms with Gasteiger partial charge in [-0.15, -0.1) is 0 Å². The number of hydrogen-bond donors (Lipinski definition) is 2. The largest absolute Gasteiger partial charge is 0.325 e. The van der Waals surface area contributed by atoms with Crippen molar-refractivity contribution in [3.05, 3.63) is 59.7 Å². The van der Waals surface area contributed by atoms with Crippen molar-refractivity contribution in [2.45, 2.75) is 38.1 Å². The van der Waals surface area contributed by atoms with Crippen LogP contribution in [0.15, 0.2) is 53.4 Å². The fourth-order valence-corrected chi connectivity index (χ4v) is 3.55. The zero-order valence-corrected chi connectivity index (χ0v) is 15.8. The Hall–Kier alpha value is -2.51. The molecule has 0 bridgehead atoms. The maximum atomic E-state index is 12.4. The number of carbonyl (C=O) groups excluding carboxylic acids is 2. The molecule has 0 saturated carbocycles. The zero-order chi connectivity index (χ0) is 19.3. The average Bonchev–Trinajstić information content (AvgIpc) is 2.61. The highest BCUT2D eigenvalue weighted by Gasteiger charge is 2.22. The van der Waals surface area contributed by atoms with Gasteiger partial charge in [0.25, 0.3) is 0 Å². The van der Waals surface area contributed by atoms with Gasteiger partial charge in [-0.2, -0.15) is 4.72 Å². The molecule has 138 valence electrons. The van der Waals surface area contributed by atoms with E-state index >= 15 is 0 Å². The van der Waals surface area contributed by atoms with Crippen molar-refractivity contribution in [1.82, 2.24) is 4.72 Å². The van der Waals surface area contributed by atoms with Crippen LogP contribution in [0.2, 0.25) is 0 Å². The lowest BCUT2D eigenvalue weighted by Gasteiger charge is -2.15. The van der Waals surface area contributed by atoms with Crippen LogP contribution >= 0.6 is 0 Å². The van der Waals surface area contributed by atoms with Crippen LogP contribution in [0.3, 0.4) is 0 Å². The number of hydrogen-bond acceptors (Lipinski definition) is 4. The predicted molar refractivity (Wildman–Crippen MR) is 101 cm³/mol. The molecule has 1 amide bonds. The van der Waals surface area contributed by atoms with Gasteiger partial charge in [-0.1, -0.05) is 31.2 Å². The average molecular weight is 374 g/mol. The smallest absolute Gasteiger partial charge is 0.242 e. The molecule has 6 nitrogen and oxygen atoms in total. The summed E-state index contributed by atoms with van der Waals surface area (Å²) in [4.78, 5) is 23.6. The third-order valence-electron chi connectivity index (χ3n) is 3.90. The Kier molecular flexibility index (Phi) is 6.28. The normalized spacial score (nSPS) is 12.4. The molecule has 0 aromatic heterocycles. The van der Waals surface area contributed by atoms with Crippen molar-refractivity contribution in [1.29, 1.82) is 0 Å². The minimum absolute atomic E-state index is 0.00451. The van der Waals surface area contributed by atoms with E-state index < -0.39 is 22.0 Å². The van der Waals surface area contributed by atoms with Gasteiger partial charge in [0.05, 0.1) is 10.9 Å². The Labute approximate surface area is 153 Å². The standard InChI is InChI=1S/C19H22N2O4S/c1-4-15-6-5-7-17(12-15)20-19(23)13(2)21-26(24,25)18-10-8-16(9-11-18)14(3)22/h5-13,21H,4H2,1-3H3,(H,20,23)/t13-/m0/s1. The summed E-state index contributed by atoms with van der Waals surface area (Å²) in [7, 11) is -3.87. The van der Waals surface area contributed by atoms with Crippen LogP contribution in [-0.2, 0) is 21.2 Å². The SMILES string of the molecule is CCc1cccc(NC(=O)[C@H](C)NS(=O)(=O)c2ccc(C(C)=O)cc2)c1. The van der Waals surface area contributed by atoms with Gasteiger partial charge in [-0.3, -0.25) is 9.59 Å². The second-order valence-corrected chi connectivity index (χ2v) is 7.68. The van der Waals surface area contributed by atoms with E-state index in [1.54, 1.807) is 6.07 Å².